The Bertz CT molecular complexity index is 262. The standard InChI is InChI=1S/C7H16N2O2S2/c1-3-5-9-13(10,11)6(4-2)7(8)12/h6,9H,3-5H2,1-2H3,(H2,8,12). The lowest BCUT2D eigenvalue weighted by molar-refractivity contribution is 0.573. The Morgan fingerprint density at radius 3 is 2.38 bits per heavy atom. The molecule has 3 N–H and O–H groups in total. The summed E-state index contributed by atoms with van der Waals surface area (Å²) in [5, 5.41) is -0.742. The molecule has 0 spiro atoms. The van der Waals surface area contributed by atoms with Crippen molar-refractivity contribution in [3.63, 3.8) is 0 Å². The smallest absolute Gasteiger partial charge is 0.220 e. The molecule has 0 aliphatic carbocycles. The number of hydrogen-bond acceptors (Lipinski definition) is 3. The van der Waals surface area contributed by atoms with Crippen molar-refractivity contribution < 1.29 is 8.42 Å². The van der Waals surface area contributed by atoms with Gasteiger partial charge in [-0.1, -0.05) is 26.1 Å². The van der Waals surface area contributed by atoms with Crippen LogP contribution in [-0.2, 0) is 10.0 Å². The van der Waals surface area contributed by atoms with E-state index in [4.69, 9.17) is 5.73 Å². The second kappa shape index (κ2) is 5.51. The van der Waals surface area contributed by atoms with Gasteiger partial charge in [0, 0.05) is 6.54 Å². The minimum atomic E-state index is -3.35. The van der Waals surface area contributed by atoms with Crippen LogP contribution in [0.3, 0.4) is 0 Å². The summed E-state index contributed by atoms with van der Waals surface area (Å²) in [6.45, 7) is 4.07. The summed E-state index contributed by atoms with van der Waals surface area (Å²) < 4.78 is 25.4. The molecular weight excluding hydrogens is 208 g/mol. The van der Waals surface area contributed by atoms with E-state index < -0.39 is 15.3 Å². The van der Waals surface area contributed by atoms with Gasteiger partial charge in [-0.3, -0.25) is 0 Å². The van der Waals surface area contributed by atoms with E-state index in [0.29, 0.717) is 13.0 Å². The van der Waals surface area contributed by atoms with E-state index in [-0.39, 0.29) is 4.99 Å². The fourth-order valence-electron chi connectivity index (χ4n) is 0.918. The van der Waals surface area contributed by atoms with Crippen LogP contribution >= 0.6 is 12.2 Å². The van der Waals surface area contributed by atoms with Crippen LogP contribution in [-0.4, -0.2) is 25.2 Å². The maximum Gasteiger partial charge on any atom is 0.220 e. The van der Waals surface area contributed by atoms with Gasteiger partial charge in [0.15, 0.2) is 0 Å². The summed E-state index contributed by atoms with van der Waals surface area (Å²) in [5.41, 5.74) is 5.32. The third-order valence-corrected chi connectivity index (χ3v) is 3.99. The molecule has 0 aromatic heterocycles. The molecule has 0 heterocycles. The van der Waals surface area contributed by atoms with Crippen molar-refractivity contribution in [3.8, 4) is 0 Å². The third kappa shape index (κ3) is 4.02. The lowest BCUT2D eigenvalue weighted by atomic mass is 10.3. The Morgan fingerprint density at radius 2 is 2.08 bits per heavy atom. The van der Waals surface area contributed by atoms with Crippen molar-refractivity contribution in [1.82, 2.24) is 4.72 Å². The first-order valence-corrected chi connectivity index (χ1v) is 6.19. The van der Waals surface area contributed by atoms with E-state index in [1.165, 1.54) is 0 Å². The number of rotatable bonds is 6. The van der Waals surface area contributed by atoms with Crippen LogP contribution in [0.4, 0.5) is 0 Å². The molecule has 0 aromatic carbocycles. The molecule has 0 rings (SSSR count). The number of nitrogens with two attached hydrogens (primary N) is 1. The van der Waals surface area contributed by atoms with Crippen molar-refractivity contribution >= 4 is 27.2 Å². The van der Waals surface area contributed by atoms with Crippen molar-refractivity contribution in [3.05, 3.63) is 0 Å². The molecular formula is C7H16N2O2S2. The fourth-order valence-corrected chi connectivity index (χ4v) is 2.90. The zero-order chi connectivity index (χ0) is 10.5. The van der Waals surface area contributed by atoms with Crippen LogP contribution in [0, 0.1) is 0 Å². The van der Waals surface area contributed by atoms with Crippen molar-refractivity contribution in [2.45, 2.75) is 31.9 Å². The van der Waals surface area contributed by atoms with Gasteiger partial charge in [0.1, 0.15) is 5.25 Å². The summed E-state index contributed by atoms with van der Waals surface area (Å²) >= 11 is 4.67. The summed E-state index contributed by atoms with van der Waals surface area (Å²) in [7, 11) is -3.35. The number of thiocarbonyl (C=S) groups is 1. The molecule has 0 aliphatic rings. The van der Waals surface area contributed by atoms with E-state index in [1.807, 2.05) is 6.92 Å². The average molecular weight is 224 g/mol. The molecule has 0 saturated heterocycles. The second-order valence-electron chi connectivity index (χ2n) is 2.74. The van der Waals surface area contributed by atoms with Crippen LogP contribution in [0.5, 0.6) is 0 Å². The predicted molar refractivity (Wildman–Crippen MR) is 58.1 cm³/mol. The van der Waals surface area contributed by atoms with Gasteiger partial charge >= 0.3 is 0 Å². The highest BCUT2D eigenvalue weighted by Crippen LogP contribution is 2.04. The van der Waals surface area contributed by atoms with Crippen molar-refractivity contribution in [2.75, 3.05) is 6.54 Å². The van der Waals surface area contributed by atoms with Crippen LogP contribution in [0.25, 0.3) is 0 Å². The monoisotopic (exact) mass is 224 g/mol. The molecule has 78 valence electrons. The first kappa shape index (κ1) is 12.8. The highest BCUT2D eigenvalue weighted by atomic mass is 32.2. The predicted octanol–water partition coefficient (Wildman–Crippen LogP) is 0.380. The first-order chi connectivity index (χ1) is 5.95. The van der Waals surface area contributed by atoms with E-state index in [2.05, 4.69) is 16.9 Å². The van der Waals surface area contributed by atoms with Crippen molar-refractivity contribution in [2.24, 2.45) is 5.73 Å². The Balaban J connectivity index is 4.49. The van der Waals surface area contributed by atoms with Gasteiger partial charge < -0.3 is 5.73 Å². The SMILES string of the molecule is CCCNS(=O)(=O)C(CC)C(N)=S. The van der Waals surface area contributed by atoms with Gasteiger partial charge in [0.25, 0.3) is 0 Å². The molecule has 4 nitrogen and oxygen atoms in total. The summed E-state index contributed by atoms with van der Waals surface area (Å²) in [6.07, 6.45) is 1.17. The normalized spacial score (nSPS) is 14.0. The lowest BCUT2D eigenvalue weighted by Crippen LogP contribution is -2.41. The van der Waals surface area contributed by atoms with Gasteiger partial charge in [0.2, 0.25) is 10.0 Å². The summed E-state index contributed by atoms with van der Waals surface area (Å²) in [4.78, 5) is 0.0334. The van der Waals surface area contributed by atoms with Crippen LogP contribution in [0.2, 0.25) is 0 Å². The van der Waals surface area contributed by atoms with Crippen LogP contribution in [0.1, 0.15) is 26.7 Å². The van der Waals surface area contributed by atoms with E-state index in [1.54, 1.807) is 6.92 Å². The summed E-state index contributed by atoms with van der Waals surface area (Å²) in [6, 6.07) is 0. The maximum absolute atomic E-state index is 11.5. The van der Waals surface area contributed by atoms with Gasteiger partial charge in [-0.2, -0.15) is 0 Å². The Labute approximate surface area is 84.9 Å². The van der Waals surface area contributed by atoms with E-state index in [0.717, 1.165) is 6.42 Å². The topological polar surface area (TPSA) is 72.2 Å². The number of hydrogen-bond donors (Lipinski definition) is 2. The Kier molecular flexibility index (Phi) is 5.43. The zero-order valence-electron chi connectivity index (χ0n) is 7.91. The molecule has 1 atom stereocenters. The quantitative estimate of drug-likeness (QED) is 0.640. The van der Waals surface area contributed by atoms with Gasteiger partial charge in [-0.05, 0) is 12.8 Å². The average Bonchev–Trinajstić information content (AvgIpc) is 2.01. The highest BCUT2D eigenvalue weighted by Gasteiger charge is 2.25. The largest absolute Gasteiger partial charge is 0.392 e. The van der Waals surface area contributed by atoms with Gasteiger partial charge in [-0.25, -0.2) is 13.1 Å². The highest BCUT2D eigenvalue weighted by molar-refractivity contribution is 7.93. The molecule has 0 fully saturated rings. The van der Waals surface area contributed by atoms with Gasteiger partial charge in [-0.15, -0.1) is 0 Å². The second-order valence-corrected chi connectivity index (χ2v) is 5.16. The minimum absolute atomic E-state index is 0.0334. The molecule has 6 heteroatoms. The first-order valence-electron chi connectivity index (χ1n) is 4.23. The van der Waals surface area contributed by atoms with E-state index in [9.17, 15) is 8.42 Å². The molecule has 0 radical (unpaired) electrons. The molecule has 0 aromatic rings. The Morgan fingerprint density at radius 1 is 1.54 bits per heavy atom. The molecule has 0 aliphatic heterocycles. The zero-order valence-corrected chi connectivity index (χ0v) is 9.54. The number of sulfonamides is 1. The lowest BCUT2D eigenvalue weighted by Gasteiger charge is -2.14. The summed E-state index contributed by atoms with van der Waals surface area (Å²) in [5.74, 6) is 0. The molecule has 0 saturated carbocycles. The van der Waals surface area contributed by atoms with Crippen LogP contribution in [0.15, 0.2) is 0 Å². The molecule has 0 amide bonds. The minimum Gasteiger partial charge on any atom is -0.392 e. The fraction of sp³-hybridized carbons (Fsp3) is 0.857. The molecule has 13 heavy (non-hydrogen) atoms. The Hall–Kier alpha value is -0.200. The third-order valence-electron chi connectivity index (χ3n) is 1.62. The molecule has 1 unspecified atom stereocenters. The van der Waals surface area contributed by atoms with Crippen molar-refractivity contribution in [1.29, 1.82) is 0 Å². The van der Waals surface area contributed by atoms with Crippen LogP contribution < -0.4 is 10.5 Å². The molecule has 0 bridgehead atoms. The van der Waals surface area contributed by atoms with E-state index >= 15 is 0 Å². The number of nitrogens with one attached hydrogen (secondary N) is 1. The van der Waals surface area contributed by atoms with Gasteiger partial charge in [0.05, 0.1) is 4.99 Å². The maximum atomic E-state index is 11.5.